The normalized spacial score (nSPS) is 17.9. The summed E-state index contributed by atoms with van der Waals surface area (Å²) in [6.07, 6.45) is 2.02. The van der Waals surface area contributed by atoms with E-state index in [0.717, 1.165) is 26.1 Å². The molecule has 0 atom stereocenters. The van der Waals surface area contributed by atoms with Crippen molar-refractivity contribution in [3.05, 3.63) is 5.28 Å². The standard InChI is InChI=1S/C8H11ClN4OS/c9-6-11-7(10)13-8(12-6)15-5-1-3-14-4-2-5/h5H,1-4H2,(H2,10,11,12,13). The van der Waals surface area contributed by atoms with E-state index in [1.165, 1.54) is 0 Å². The van der Waals surface area contributed by atoms with Crippen LogP contribution in [0.15, 0.2) is 5.16 Å². The second kappa shape index (κ2) is 4.96. The SMILES string of the molecule is Nc1nc(Cl)nc(SC2CCOCC2)n1. The minimum Gasteiger partial charge on any atom is -0.381 e. The van der Waals surface area contributed by atoms with Gasteiger partial charge in [0.2, 0.25) is 11.2 Å². The Morgan fingerprint density at radius 2 is 2.00 bits per heavy atom. The topological polar surface area (TPSA) is 73.9 Å². The molecule has 2 rings (SSSR count). The first kappa shape index (κ1) is 10.9. The highest BCUT2D eigenvalue weighted by Crippen LogP contribution is 2.27. The first-order valence-electron chi connectivity index (χ1n) is 4.65. The molecule has 0 bridgehead atoms. The van der Waals surface area contributed by atoms with Crippen molar-refractivity contribution >= 4 is 29.3 Å². The number of hydrogen-bond donors (Lipinski definition) is 1. The molecule has 0 radical (unpaired) electrons. The maximum absolute atomic E-state index is 5.69. The van der Waals surface area contributed by atoms with Gasteiger partial charge in [-0.05, 0) is 24.4 Å². The third-order valence-electron chi connectivity index (χ3n) is 2.05. The Labute approximate surface area is 96.8 Å². The molecule has 0 aliphatic carbocycles. The lowest BCUT2D eigenvalue weighted by molar-refractivity contribution is 0.1000. The number of anilines is 1. The summed E-state index contributed by atoms with van der Waals surface area (Å²) in [5.41, 5.74) is 5.48. The van der Waals surface area contributed by atoms with Crippen molar-refractivity contribution in [1.29, 1.82) is 0 Å². The van der Waals surface area contributed by atoms with Crippen LogP contribution < -0.4 is 5.73 Å². The van der Waals surface area contributed by atoms with Crippen LogP contribution in [-0.2, 0) is 4.74 Å². The molecule has 2 heterocycles. The second-order valence-electron chi connectivity index (χ2n) is 3.17. The van der Waals surface area contributed by atoms with Crippen LogP contribution in [0.1, 0.15) is 12.8 Å². The lowest BCUT2D eigenvalue weighted by Gasteiger charge is -2.20. The van der Waals surface area contributed by atoms with Gasteiger partial charge in [-0.15, -0.1) is 0 Å². The highest BCUT2D eigenvalue weighted by molar-refractivity contribution is 7.99. The Balaban J connectivity index is 2.02. The van der Waals surface area contributed by atoms with E-state index in [9.17, 15) is 0 Å². The molecule has 82 valence electrons. The zero-order chi connectivity index (χ0) is 10.7. The van der Waals surface area contributed by atoms with E-state index in [2.05, 4.69) is 15.0 Å². The van der Waals surface area contributed by atoms with Crippen molar-refractivity contribution in [2.24, 2.45) is 0 Å². The zero-order valence-electron chi connectivity index (χ0n) is 8.02. The van der Waals surface area contributed by atoms with E-state index in [1.54, 1.807) is 11.8 Å². The summed E-state index contributed by atoms with van der Waals surface area (Å²) in [6, 6.07) is 0. The van der Waals surface area contributed by atoms with Gasteiger partial charge in [0.05, 0.1) is 0 Å². The van der Waals surface area contributed by atoms with Crippen molar-refractivity contribution in [1.82, 2.24) is 15.0 Å². The molecule has 0 amide bonds. The number of hydrogen-bond acceptors (Lipinski definition) is 6. The van der Waals surface area contributed by atoms with Crippen molar-refractivity contribution < 1.29 is 4.74 Å². The number of rotatable bonds is 2. The van der Waals surface area contributed by atoms with Gasteiger partial charge in [0.25, 0.3) is 0 Å². The number of nitrogens with two attached hydrogens (primary N) is 1. The molecule has 0 unspecified atom stereocenters. The number of aromatic nitrogens is 3. The predicted molar refractivity (Wildman–Crippen MR) is 58.9 cm³/mol. The molecule has 0 aromatic carbocycles. The zero-order valence-corrected chi connectivity index (χ0v) is 9.59. The third kappa shape index (κ3) is 3.19. The number of thioether (sulfide) groups is 1. The fraction of sp³-hybridized carbons (Fsp3) is 0.625. The molecule has 1 aromatic rings. The molecule has 0 saturated carbocycles. The maximum Gasteiger partial charge on any atom is 0.228 e. The predicted octanol–water partition coefficient (Wildman–Crippen LogP) is 1.38. The summed E-state index contributed by atoms with van der Waals surface area (Å²) in [7, 11) is 0. The lowest BCUT2D eigenvalue weighted by atomic mass is 10.2. The van der Waals surface area contributed by atoms with Crippen LogP contribution in [0.4, 0.5) is 5.95 Å². The van der Waals surface area contributed by atoms with Crippen LogP contribution in [0.5, 0.6) is 0 Å². The van der Waals surface area contributed by atoms with Crippen molar-refractivity contribution in [3.8, 4) is 0 Å². The van der Waals surface area contributed by atoms with Crippen LogP contribution >= 0.6 is 23.4 Å². The fourth-order valence-electron chi connectivity index (χ4n) is 1.34. The minimum atomic E-state index is 0.150. The summed E-state index contributed by atoms with van der Waals surface area (Å²) in [4.78, 5) is 11.7. The van der Waals surface area contributed by atoms with Gasteiger partial charge in [0.1, 0.15) is 0 Å². The molecule has 1 aromatic heterocycles. The van der Waals surface area contributed by atoms with E-state index in [1.807, 2.05) is 0 Å². The van der Waals surface area contributed by atoms with Crippen LogP contribution in [0.25, 0.3) is 0 Å². The van der Waals surface area contributed by atoms with Crippen LogP contribution in [-0.4, -0.2) is 33.4 Å². The smallest absolute Gasteiger partial charge is 0.228 e. The number of nitrogen functional groups attached to an aromatic ring is 1. The molecule has 2 N–H and O–H groups in total. The maximum atomic E-state index is 5.69. The van der Waals surface area contributed by atoms with Crippen molar-refractivity contribution in [2.75, 3.05) is 18.9 Å². The third-order valence-corrected chi connectivity index (χ3v) is 3.41. The number of ether oxygens (including phenoxy) is 1. The van der Waals surface area contributed by atoms with E-state index in [-0.39, 0.29) is 11.2 Å². The summed E-state index contributed by atoms with van der Waals surface area (Å²) in [5, 5.41) is 1.23. The van der Waals surface area contributed by atoms with Gasteiger partial charge in [-0.2, -0.15) is 15.0 Å². The Kier molecular flexibility index (Phi) is 3.61. The van der Waals surface area contributed by atoms with Gasteiger partial charge in [-0.25, -0.2) is 0 Å². The Hall–Kier alpha value is -0.590. The molecule has 1 saturated heterocycles. The Morgan fingerprint density at radius 3 is 2.67 bits per heavy atom. The van der Waals surface area contributed by atoms with E-state index in [4.69, 9.17) is 22.1 Å². The Morgan fingerprint density at radius 1 is 1.27 bits per heavy atom. The minimum absolute atomic E-state index is 0.150. The van der Waals surface area contributed by atoms with Gasteiger partial charge >= 0.3 is 0 Å². The molecule has 1 aliphatic rings. The molecular weight excluding hydrogens is 236 g/mol. The largest absolute Gasteiger partial charge is 0.381 e. The van der Waals surface area contributed by atoms with E-state index < -0.39 is 0 Å². The molecule has 15 heavy (non-hydrogen) atoms. The molecular formula is C8H11ClN4OS. The van der Waals surface area contributed by atoms with E-state index in [0.29, 0.717) is 10.4 Å². The summed E-state index contributed by atoms with van der Waals surface area (Å²) in [5.74, 6) is 0.171. The second-order valence-corrected chi connectivity index (χ2v) is 4.78. The van der Waals surface area contributed by atoms with Gasteiger partial charge in [0, 0.05) is 18.5 Å². The average molecular weight is 247 g/mol. The van der Waals surface area contributed by atoms with Crippen molar-refractivity contribution in [2.45, 2.75) is 23.2 Å². The first-order chi connectivity index (χ1) is 7.24. The number of nitrogens with zero attached hydrogens (tertiary/aromatic N) is 3. The summed E-state index contributed by atoms with van der Waals surface area (Å²) < 4.78 is 5.27. The van der Waals surface area contributed by atoms with Gasteiger partial charge in [-0.1, -0.05) is 11.8 Å². The van der Waals surface area contributed by atoms with Crippen LogP contribution in [0, 0.1) is 0 Å². The van der Waals surface area contributed by atoms with Crippen LogP contribution in [0.2, 0.25) is 5.28 Å². The quantitative estimate of drug-likeness (QED) is 0.850. The molecule has 1 fully saturated rings. The van der Waals surface area contributed by atoms with Gasteiger partial charge in [-0.3, -0.25) is 0 Å². The van der Waals surface area contributed by atoms with E-state index >= 15 is 0 Å². The number of halogens is 1. The lowest BCUT2D eigenvalue weighted by Crippen LogP contribution is -2.17. The monoisotopic (exact) mass is 246 g/mol. The van der Waals surface area contributed by atoms with Crippen LogP contribution in [0.3, 0.4) is 0 Å². The Bertz CT molecular complexity index is 325. The highest BCUT2D eigenvalue weighted by Gasteiger charge is 2.17. The fourth-order valence-corrected chi connectivity index (χ4v) is 2.57. The first-order valence-corrected chi connectivity index (χ1v) is 5.91. The van der Waals surface area contributed by atoms with Gasteiger partial charge < -0.3 is 10.5 Å². The van der Waals surface area contributed by atoms with Crippen molar-refractivity contribution in [3.63, 3.8) is 0 Å². The van der Waals surface area contributed by atoms with Gasteiger partial charge in [0.15, 0.2) is 5.16 Å². The molecule has 1 aliphatic heterocycles. The average Bonchev–Trinajstić information content (AvgIpc) is 2.17. The summed E-state index contributed by atoms with van der Waals surface area (Å²) >= 11 is 7.27. The molecule has 7 heteroatoms. The highest BCUT2D eigenvalue weighted by atomic mass is 35.5. The molecule has 0 spiro atoms. The summed E-state index contributed by atoms with van der Waals surface area (Å²) in [6.45, 7) is 1.60. The molecule has 5 nitrogen and oxygen atoms in total.